The molecule has 1 unspecified atom stereocenters. The summed E-state index contributed by atoms with van der Waals surface area (Å²) in [6.45, 7) is 2.26. The van der Waals surface area contributed by atoms with Gasteiger partial charge in [0.15, 0.2) is 5.13 Å². The molecule has 0 aliphatic heterocycles. The number of phenols is 1. The van der Waals surface area contributed by atoms with Crippen molar-refractivity contribution in [2.45, 2.75) is 56.9 Å². The third-order valence-electron chi connectivity index (χ3n) is 8.50. The molecule has 1 heterocycles. The van der Waals surface area contributed by atoms with Crippen molar-refractivity contribution >= 4 is 32.7 Å². The summed E-state index contributed by atoms with van der Waals surface area (Å²) >= 11 is 1.36. The number of amides is 2. The van der Waals surface area contributed by atoms with Crippen LogP contribution in [0.5, 0.6) is 5.75 Å². The van der Waals surface area contributed by atoms with E-state index < -0.39 is 0 Å². The summed E-state index contributed by atoms with van der Waals surface area (Å²) in [7, 11) is 1.89. The number of likely N-dealkylation sites (N-methyl/N-ethyl adjacent to an activating group) is 1. The van der Waals surface area contributed by atoms with E-state index in [0.29, 0.717) is 22.5 Å². The summed E-state index contributed by atoms with van der Waals surface area (Å²) < 4.78 is 14.4. The van der Waals surface area contributed by atoms with Gasteiger partial charge in [-0.3, -0.25) is 5.32 Å². The number of urea groups is 1. The summed E-state index contributed by atoms with van der Waals surface area (Å²) in [6.07, 6.45) is 7.03. The van der Waals surface area contributed by atoms with E-state index in [1.165, 1.54) is 60.3 Å². The molecule has 5 nitrogen and oxygen atoms in total. The Bertz CT molecular complexity index is 1270. The number of aromatic nitrogens is 1. The van der Waals surface area contributed by atoms with Gasteiger partial charge in [0.25, 0.3) is 0 Å². The number of rotatable bonds is 4. The highest BCUT2D eigenvalue weighted by atomic mass is 32.1. The number of hydrogen-bond acceptors (Lipinski definition) is 4. The SMILES string of the molecule is CN(C(=O)Nc1nc2cc(F)ccc2s1)[C@@H]1[C@H]2Cc3ccc(O)cc3[C@@]1(C)CCC2CC1CC1. The second-order valence-corrected chi connectivity index (χ2v) is 11.8. The fourth-order valence-corrected chi connectivity index (χ4v) is 7.56. The van der Waals surface area contributed by atoms with Gasteiger partial charge in [-0.1, -0.05) is 37.2 Å². The first-order chi connectivity index (χ1) is 16.3. The number of nitrogens with zero attached hydrogens (tertiary/aromatic N) is 2. The number of carbonyl (C=O) groups is 1. The Morgan fingerprint density at radius 2 is 2.09 bits per heavy atom. The van der Waals surface area contributed by atoms with Crippen LogP contribution in [-0.4, -0.2) is 34.1 Å². The van der Waals surface area contributed by atoms with E-state index in [-0.39, 0.29) is 29.1 Å². The standard InChI is InChI=1S/C27H30FN3O2S/c1-27-10-9-16(11-15-3-4-15)20(12-17-5-7-19(32)14-21(17)27)24(27)31(2)26(33)30-25-29-22-13-18(28)6-8-23(22)34-25/h5-8,13-16,20,24,32H,3-4,9-12H2,1-2H3,(H,29,30,33)/t16?,20-,24+,27+/m0/s1. The van der Waals surface area contributed by atoms with E-state index in [1.54, 1.807) is 12.1 Å². The van der Waals surface area contributed by atoms with Crippen molar-refractivity contribution in [1.29, 1.82) is 0 Å². The Kier molecular flexibility index (Phi) is 5.10. The predicted molar refractivity (Wildman–Crippen MR) is 133 cm³/mol. The molecule has 0 radical (unpaired) electrons. The number of carbonyl (C=O) groups excluding carboxylic acids is 1. The van der Waals surface area contributed by atoms with Crippen molar-refractivity contribution in [3.05, 3.63) is 53.3 Å². The zero-order chi connectivity index (χ0) is 23.6. The molecule has 3 aliphatic carbocycles. The molecule has 3 aliphatic rings. The summed E-state index contributed by atoms with van der Waals surface area (Å²) in [5, 5.41) is 13.7. The predicted octanol–water partition coefficient (Wildman–Crippen LogP) is 6.31. The van der Waals surface area contributed by atoms with Crippen LogP contribution in [-0.2, 0) is 11.8 Å². The smallest absolute Gasteiger partial charge is 0.323 e. The van der Waals surface area contributed by atoms with Crippen molar-refractivity contribution in [3.8, 4) is 5.75 Å². The highest BCUT2D eigenvalue weighted by molar-refractivity contribution is 7.22. The fraction of sp³-hybridized carbons (Fsp3) is 0.481. The number of fused-ring (bicyclic) bond motifs is 5. The molecule has 2 fully saturated rings. The average molecular weight is 480 g/mol. The van der Waals surface area contributed by atoms with Crippen LogP contribution in [0.2, 0.25) is 0 Å². The molecule has 2 saturated carbocycles. The summed E-state index contributed by atoms with van der Waals surface area (Å²) in [5.74, 6) is 1.79. The highest BCUT2D eigenvalue weighted by Gasteiger charge is 2.54. The Balaban J connectivity index is 1.32. The fourth-order valence-electron chi connectivity index (χ4n) is 6.73. The van der Waals surface area contributed by atoms with Crippen molar-refractivity contribution < 1.29 is 14.3 Å². The Hall–Kier alpha value is -2.67. The van der Waals surface area contributed by atoms with Crippen molar-refractivity contribution in [3.63, 3.8) is 0 Å². The lowest BCUT2D eigenvalue weighted by molar-refractivity contribution is 0.0257. The topological polar surface area (TPSA) is 65.5 Å². The number of halogens is 1. The van der Waals surface area contributed by atoms with Gasteiger partial charge in [0.1, 0.15) is 11.6 Å². The van der Waals surface area contributed by atoms with Gasteiger partial charge in [0.05, 0.1) is 10.2 Å². The van der Waals surface area contributed by atoms with Gasteiger partial charge >= 0.3 is 6.03 Å². The third-order valence-corrected chi connectivity index (χ3v) is 9.45. The number of nitrogens with one attached hydrogen (secondary N) is 1. The van der Waals surface area contributed by atoms with Crippen LogP contribution >= 0.6 is 11.3 Å². The molecule has 1 aromatic heterocycles. The third kappa shape index (κ3) is 3.65. The van der Waals surface area contributed by atoms with E-state index in [4.69, 9.17) is 0 Å². The van der Waals surface area contributed by atoms with Crippen LogP contribution in [0.1, 0.15) is 50.2 Å². The minimum atomic E-state index is -0.334. The molecular formula is C27H30FN3O2S. The number of aromatic hydroxyl groups is 1. The molecule has 0 spiro atoms. The first-order valence-corrected chi connectivity index (χ1v) is 13.1. The molecule has 2 aromatic carbocycles. The Labute approximate surface area is 203 Å². The van der Waals surface area contributed by atoms with Crippen LogP contribution in [0, 0.1) is 23.6 Å². The maximum absolute atomic E-state index is 13.6. The average Bonchev–Trinajstić information content (AvgIpc) is 3.53. The second-order valence-electron chi connectivity index (χ2n) is 10.7. The van der Waals surface area contributed by atoms with Crippen LogP contribution in [0.4, 0.5) is 14.3 Å². The zero-order valence-electron chi connectivity index (χ0n) is 19.6. The Morgan fingerprint density at radius 1 is 1.26 bits per heavy atom. The van der Waals surface area contributed by atoms with Gasteiger partial charge in [-0.2, -0.15) is 0 Å². The van der Waals surface area contributed by atoms with Gasteiger partial charge in [-0.25, -0.2) is 14.2 Å². The number of benzene rings is 2. The van der Waals surface area contributed by atoms with E-state index in [2.05, 4.69) is 23.3 Å². The molecule has 3 aromatic rings. The van der Waals surface area contributed by atoms with Crippen molar-refractivity contribution in [1.82, 2.24) is 9.88 Å². The molecule has 2 amide bonds. The molecule has 2 bridgehead atoms. The quantitative estimate of drug-likeness (QED) is 0.461. The van der Waals surface area contributed by atoms with E-state index >= 15 is 0 Å². The minimum absolute atomic E-state index is 0.0334. The number of hydrogen-bond donors (Lipinski definition) is 2. The minimum Gasteiger partial charge on any atom is -0.508 e. The maximum Gasteiger partial charge on any atom is 0.323 e. The first kappa shape index (κ1) is 21.8. The number of phenolic OH excluding ortho intramolecular Hbond substituents is 1. The first-order valence-electron chi connectivity index (χ1n) is 12.2. The second kappa shape index (κ2) is 7.94. The normalized spacial score (nSPS) is 27.9. The van der Waals surface area contributed by atoms with Gasteiger partial charge in [0, 0.05) is 24.6 Å². The van der Waals surface area contributed by atoms with Gasteiger partial charge < -0.3 is 10.0 Å². The molecular weight excluding hydrogens is 449 g/mol. The largest absolute Gasteiger partial charge is 0.508 e. The van der Waals surface area contributed by atoms with Crippen LogP contribution in [0.25, 0.3) is 10.2 Å². The number of thiazole rings is 1. The van der Waals surface area contributed by atoms with E-state index in [1.807, 2.05) is 18.0 Å². The Morgan fingerprint density at radius 3 is 2.88 bits per heavy atom. The molecule has 34 heavy (non-hydrogen) atoms. The molecule has 178 valence electrons. The molecule has 7 heteroatoms. The molecule has 2 N–H and O–H groups in total. The van der Waals surface area contributed by atoms with Crippen LogP contribution in [0.15, 0.2) is 36.4 Å². The summed E-state index contributed by atoms with van der Waals surface area (Å²) in [6, 6.07) is 10.1. The molecule has 4 atom stereocenters. The number of anilines is 1. The highest BCUT2D eigenvalue weighted by Crippen LogP contribution is 2.55. The zero-order valence-corrected chi connectivity index (χ0v) is 20.4. The van der Waals surface area contributed by atoms with E-state index in [0.717, 1.165) is 23.5 Å². The van der Waals surface area contributed by atoms with Gasteiger partial charge in [0.2, 0.25) is 0 Å². The maximum atomic E-state index is 13.6. The monoisotopic (exact) mass is 479 g/mol. The summed E-state index contributed by atoms with van der Waals surface area (Å²) in [5.41, 5.74) is 2.82. The van der Waals surface area contributed by atoms with Gasteiger partial charge in [-0.05, 0) is 78.8 Å². The van der Waals surface area contributed by atoms with Crippen molar-refractivity contribution in [2.75, 3.05) is 12.4 Å². The molecule has 0 saturated heterocycles. The lowest BCUT2D eigenvalue weighted by Gasteiger charge is -2.57. The van der Waals surface area contributed by atoms with Gasteiger partial charge in [-0.15, -0.1) is 0 Å². The molecule has 6 rings (SSSR count). The lowest BCUT2D eigenvalue weighted by Crippen LogP contribution is -2.61. The van der Waals surface area contributed by atoms with Crippen LogP contribution in [0.3, 0.4) is 0 Å². The van der Waals surface area contributed by atoms with E-state index in [9.17, 15) is 14.3 Å². The summed E-state index contributed by atoms with van der Waals surface area (Å²) in [4.78, 5) is 19.8. The van der Waals surface area contributed by atoms with Crippen molar-refractivity contribution in [2.24, 2.45) is 17.8 Å². The lowest BCUT2D eigenvalue weighted by atomic mass is 9.53. The van der Waals surface area contributed by atoms with Crippen LogP contribution < -0.4 is 5.32 Å².